The molecule has 1 N–H and O–H groups in total. The van der Waals surface area contributed by atoms with Crippen LogP contribution < -0.4 is 5.32 Å². The van der Waals surface area contributed by atoms with Gasteiger partial charge in [0, 0.05) is 5.56 Å². The maximum absolute atomic E-state index is 13.4. The molecule has 146 valence electrons. The average Bonchev–Trinajstić information content (AvgIpc) is 3.25. The molecule has 0 radical (unpaired) electrons. The quantitative estimate of drug-likeness (QED) is 0.466. The predicted molar refractivity (Wildman–Crippen MR) is 111 cm³/mol. The largest absolute Gasteiger partial charge is 0.338 e. The molecular weight excluding hydrogens is 365 g/mol. The Morgan fingerprint density at radius 3 is 2.28 bits per heavy atom. The van der Waals surface area contributed by atoms with Gasteiger partial charge in [0.2, 0.25) is 11.7 Å². The minimum Gasteiger partial charge on any atom is -0.338 e. The molecule has 5 heteroatoms. The van der Waals surface area contributed by atoms with Crippen LogP contribution in [0.2, 0.25) is 0 Å². The summed E-state index contributed by atoms with van der Waals surface area (Å²) in [6.45, 7) is 2.52. The molecule has 1 atom stereocenters. The summed E-state index contributed by atoms with van der Waals surface area (Å²) in [5, 5.41) is 7.55. The van der Waals surface area contributed by atoms with Crippen molar-refractivity contribution in [3.8, 4) is 11.4 Å². The summed E-state index contributed by atoms with van der Waals surface area (Å²) in [4.78, 5) is 4.51. The first-order valence-electron chi connectivity index (χ1n) is 9.68. The Kier molecular flexibility index (Phi) is 5.77. The standard InChI is InChI=1S/C24H22FN3O/c1-2-17-8-10-20(11-9-17)24-27-22(29-28-24)16-26-23(18-6-4-3-5-7-18)19-12-14-21(25)15-13-19/h3-15,23,26H,2,16H2,1H3. The van der Waals surface area contributed by atoms with Crippen LogP contribution in [0.5, 0.6) is 0 Å². The van der Waals surface area contributed by atoms with E-state index in [0.29, 0.717) is 18.3 Å². The van der Waals surface area contributed by atoms with Gasteiger partial charge in [-0.15, -0.1) is 0 Å². The van der Waals surface area contributed by atoms with Gasteiger partial charge in [-0.3, -0.25) is 5.32 Å². The third-order valence-electron chi connectivity index (χ3n) is 4.88. The number of aromatic nitrogens is 2. The first kappa shape index (κ1) is 19.0. The molecule has 0 spiro atoms. The second-order valence-corrected chi connectivity index (χ2v) is 6.84. The second kappa shape index (κ2) is 8.80. The van der Waals surface area contributed by atoms with Gasteiger partial charge in [0.1, 0.15) is 5.82 Å². The van der Waals surface area contributed by atoms with Gasteiger partial charge < -0.3 is 4.52 Å². The summed E-state index contributed by atoms with van der Waals surface area (Å²) in [5.41, 5.74) is 4.24. The Hall–Kier alpha value is -3.31. The van der Waals surface area contributed by atoms with Crippen molar-refractivity contribution in [3.05, 3.63) is 107 Å². The number of aryl methyl sites for hydroxylation is 1. The normalized spacial score (nSPS) is 12.1. The molecule has 0 saturated carbocycles. The van der Waals surface area contributed by atoms with Crippen LogP contribution in [0, 0.1) is 5.82 Å². The van der Waals surface area contributed by atoms with Gasteiger partial charge in [-0.2, -0.15) is 4.98 Å². The SMILES string of the molecule is CCc1ccc(-c2noc(CNC(c3ccccc3)c3ccc(F)cc3)n2)cc1. The number of hydrogen-bond acceptors (Lipinski definition) is 4. The maximum atomic E-state index is 13.4. The summed E-state index contributed by atoms with van der Waals surface area (Å²) in [5.74, 6) is 0.821. The van der Waals surface area contributed by atoms with Gasteiger partial charge >= 0.3 is 0 Å². The Bertz CT molecular complexity index is 1040. The van der Waals surface area contributed by atoms with E-state index in [1.54, 1.807) is 12.1 Å². The smallest absolute Gasteiger partial charge is 0.240 e. The molecule has 29 heavy (non-hydrogen) atoms. The summed E-state index contributed by atoms with van der Waals surface area (Å²) >= 11 is 0. The molecule has 4 aromatic rings. The zero-order chi connectivity index (χ0) is 20.1. The van der Waals surface area contributed by atoms with E-state index in [-0.39, 0.29) is 11.9 Å². The fourth-order valence-corrected chi connectivity index (χ4v) is 3.25. The van der Waals surface area contributed by atoms with Crippen LogP contribution in [-0.2, 0) is 13.0 Å². The molecule has 0 aliphatic rings. The monoisotopic (exact) mass is 387 g/mol. The fraction of sp³-hybridized carbons (Fsp3) is 0.167. The van der Waals surface area contributed by atoms with Crippen LogP contribution in [0.1, 0.15) is 35.5 Å². The molecule has 0 saturated heterocycles. The van der Waals surface area contributed by atoms with E-state index in [4.69, 9.17) is 4.52 Å². The van der Waals surface area contributed by atoms with Crippen molar-refractivity contribution < 1.29 is 8.91 Å². The molecule has 3 aromatic carbocycles. The van der Waals surface area contributed by atoms with Crippen molar-refractivity contribution in [1.82, 2.24) is 15.5 Å². The topological polar surface area (TPSA) is 51.0 Å². The molecule has 0 bridgehead atoms. The van der Waals surface area contributed by atoms with Crippen LogP contribution in [-0.4, -0.2) is 10.1 Å². The zero-order valence-corrected chi connectivity index (χ0v) is 16.2. The highest BCUT2D eigenvalue weighted by Crippen LogP contribution is 2.23. The number of nitrogens with zero attached hydrogens (tertiary/aromatic N) is 2. The highest BCUT2D eigenvalue weighted by molar-refractivity contribution is 5.54. The summed E-state index contributed by atoms with van der Waals surface area (Å²) in [6, 6.07) is 24.6. The highest BCUT2D eigenvalue weighted by atomic mass is 19.1. The molecule has 0 aliphatic heterocycles. The lowest BCUT2D eigenvalue weighted by atomic mass is 9.98. The van der Waals surface area contributed by atoms with E-state index >= 15 is 0 Å². The van der Waals surface area contributed by atoms with Crippen LogP contribution in [0.4, 0.5) is 4.39 Å². The lowest BCUT2D eigenvalue weighted by Gasteiger charge is -2.19. The molecule has 0 aliphatic carbocycles. The molecule has 4 nitrogen and oxygen atoms in total. The molecular formula is C24H22FN3O. The fourth-order valence-electron chi connectivity index (χ4n) is 3.25. The number of halogens is 1. The zero-order valence-electron chi connectivity index (χ0n) is 16.2. The summed E-state index contributed by atoms with van der Waals surface area (Å²) in [7, 11) is 0. The Balaban J connectivity index is 1.52. The van der Waals surface area contributed by atoms with Gasteiger partial charge in [-0.25, -0.2) is 4.39 Å². The molecule has 1 aromatic heterocycles. The van der Waals surface area contributed by atoms with Crippen molar-refractivity contribution in [3.63, 3.8) is 0 Å². The number of rotatable bonds is 7. The van der Waals surface area contributed by atoms with E-state index in [1.165, 1.54) is 17.7 Å². The van der Waals surface area contributed by atoms with Gasteiger partial charge in [0.05, 0.1) is 12.6 Å². The second-order valence-electron chi connectivity index (χ2n) is 6.84. The molecule has 0 fully saturated rings. The van der Waals surface area contributed by atoms with Gasteiger partial charge in [-0.05, 0) is 35.2 Å². The van der Waals surface area contributed by atoms with E-state index in [1.807, 2.05) is 42.5 Å². The number of benzene rings is 3. The summed E-state index contributed by atoms with van der Waals surface area (Å²) < 4.78 is 18.8. The minimum absolute atomic E-state index is 0.115. The van der Waals surface area contributed by atoms with Crippen LogP contribution in [0.25, 0.3) is 11.4 Å². The Morgan fingerprint density at radius 1 is 0.897 bits per heavy atom. The first-order chi connectivity index (χ1) is 14.2. The van der Waals surface area contributed by atoms with Crippen LogP contribution in [0.3, 0.4) is 0 Å². The van der Waals surface area contributed by atoms with Crippen molar-refractivity contribution >= 4 is 0 Å². The van der Waals surface area contributed by atoms with E-state index in [9.17, 15) is 4.39 Å². The van der Waals surface area contributed by atoms with Crippen molar-refractivity contribution in [2.24, 2.45) is 0 Å². The predicted octanol–water partition coefficient (Wildman–Crippen LogP) is 5.32. The van der Waals surface area contributed by atoms with Gasteiger partial charge in [0.15, 0.2) is 0 Å². The van der Waals surface area contributed by atoms with Gasteiger partial charge in [0.25, 0.3) is 0 Å². The van der Waals surface area contributed by atoms with Crippen LogP contribution in [0.15, 0.2) is 83.4 Å². The van der Waals surface area contributed by atoms with Crippen molar-refractivity contribution in [2.45, 2.75) is 25.9 Å². The van der Waals surface area contributed by atoms with Crippen molar-refractivity contribution in [2.75, 3.05) is 0 Å². The molecule has 0 amide bonds. The Labute approximate surface area is 169 Å². The lowest BCUT2D eigenvalue weighted by molar-refractivity contribution is 0.363. The van der Waals surface area contributed by atoms with E-state index < -0.39 is 0 Å². The molecule has 1 unspecified atom stereocenters. The van der Waals surface area contributed by atoms with E-state index in [0.717, 1.165) is 23.1 Å². The number of nitrogens with one attached hydrogen (secondary N) is 1. The summed E-state index contributed by atoms with van der Waals surface area (Å²) in [6.07, 6.45) is 0.992. The minimum atomic E-state index is -0.254. The van der Waals surface area contributed by atoms with Crippen LogP contribution >= 0.6 is 0 Å². The number of hydrogen-bond donors (Lipinski definition) is 1. The molecule has 1 heterocycles. The molecule has 4 rings (SSSR count). The van der Waals surface area contributed by atoms with E-state index in [2.05, 4.69) is 34.5 Å². The Morgan fingerprint density at radius 2 is 1.59 bits per heavy atom. The average molecular weight is 387 g/mol. The van der Waals surface area contributed by atoms with Crippen molar-refractivity contribution in [1.29, 1.82) is 0 Å². The van der Waals surface area contributed by atoms with Gasteiger partial charge in [-0.1, -0.05) is 78.8 Å². The highest BCUT2D eigenvalue weighted by Gasteiger charge is 2.16. The lowest BCUT2D eigenvalue weighted by Crippen LogP contribution is -2.22. The first-order valence-corrected chi connectivity index (χ1v) is 9.68. The third kappa shape index (κ3) is 4.58. The third-order valence-corrected chi connectivity index (χ3v) is 4.88. The maximum Gasteiger partial charge on any atom is 0.240 e.